The molecule has 0 radical (unpaired) electrons. The molecule has 1 spiro atoms. The predicted octanol–water partition coefficient (Wildman–Crippen LogP) is 4.07. The van der Waals surface area contributed by atoms with E-state index in [4.69, 9.17) is 9.84 Å². The van der Waals surface area contributed by atoms with Crippen LogP contribution in [0.4, 0.5) is 5.69 Å². The fourth-order valence-electron chi connectivity index (χ4n) is 6.21. The molecule has 0 bridgehead atoms. The number of nitriles is 1. The predicted molar refractivity (Wildman–Crippen MR) is 136 cm³/mol. The molecular formula is C29H31N3O5. The fraction of sp³-hybridized carbons (Fsp3) is 0.448. The molecule has 8 heteroatoms. The molecule has 2 atom stereocenters. The zero-order chi connectivity index (χ0) is 26.0. The number of amides is 2. The van der Waals surface area contributed by atoms with E-state index in [0.29, 0.717) is 49.3 Å². The second kappa shape index (κ2) is 9.89. The van der Waals surface area contributed by atoms with Crippen molar-refractivity contribution in [3.63, 3.8) is 0 Å². The number of ether oxygens (including phenoxy) is 1. The van der Waals surface area contributed by atoms with E-state index in [1.807, 2.05) is 24.3 Å². The molecule has 3 N–H and O–H groups in total. The number of para-hydroxylation sites is 1. The monoisotopic (exact) mass is 501 g/mol. The first kappa shape index (κ1) is 24.8. The molecular weight excluding hydrogens is 470 g/mol. The Morgan fingerprint density at radius 2 is 1.89 bits per heavy atom. The average molecular weight is 502 g/mol. The highest BCUT2D eigenvalue weighted by molar-refractivity contribution is 6.16. The Morgan fingerprint density at radius 1 is 1.11 bits per heavy atom. The summed E-state index contributed by atoms with van der Waals surface area (Å²) >= 11 is 0. The maximum atomic E-state index is 14.1. The van der Waals surface area contributed by atoms with Crippen LogP contribution in [0.5, 0.6) is 5.75 Å². The lowest BCUT2D eigenvalue weighted by Gasteiger charge is -2.31. The number of anilines is 1. The van der Waals surface area contributed by atoms with Crippen molar-refractivity contribution in [3.05, 3.63) is 59.2 Å². The van der Waals surface area contributed by atoms with Crippen LogP contribution in [0.15, 0.2) is 42.5 Å². The van der Waals surface area contributed by atoms with Crippen molar-refractivity contribution in [2.24, 2.45) is 5.41 Å². The topological polar surface area (TPSA) is 129 Å². The van der Waals surface area contributed by atoms with E-state index in [1.165, 1.54) is 0 Å². The van der Waals surface area contributed by atoms with Crippen molar-refractivity contribution in [2.45, 2.75) is 69.2 Å². The highest BCUT2D eigenvalue weighted by Crippen LogP contribution is 2.70. The Bertz CT molecular complexity index is 1280. The zero-order valence-electron chi connectivity index (χ0n) is 20.7. The summed E-state index contributed by atoms with van der Waals surface area (Å²) in [6, 6.07) is 14.8. The van der Waals surface area contributed by atoms with Crippen LogP contribution in [0.25, 0.3) is 0 Å². The number of carboxylic acids is 1. The molecule has 2 aliphatic carbocycles. The van der Waals surface area contributed by atoms with Gasteiger partial charge in [0.15, 0.2) is 0 Å². The third-order valence-corrected chi connectivity index (χ3v) is 8.24. The second-order valence-electron chi connectivity index (χ2n) is 10.4. The third kappa shape index (κ3) is 4.43. The zero-order valence-corrected chi connectivity index (χ0v) is 20.7. The van der Waals surface area contributed by atoms with Crippen molar-refractivity contribution in [3.8, 4) is 11.8 Å². The largest absolute Gasteiger partial charge is 0.493 e. The molecule has 37 heavy (non-hydrogen) atoms. The average Bonchev–Trinajstić information content (AvgIpc) is 3.28. The third-order valence-electron chi connectivity index (χ3n) is 8.24. The van der Waals surface area contributed by atoms with Crippen molar-refractivity contribution >= 4 is 23.5 Å². The van der Waals surface area contributed by atoms with Crippen LogP contribution < -0.4 is 15.4 Å². The quantitative estimate of drug-likeness (QED) is 0.468. The van der Waals surface area contributed by atoms with Gasteiger partial charge >= 0.3 is 5.97 Å². The molecule has 2 amide bonds. The summed E-state index contributed by atoms with van der Waals surface area (Å²) in [7, 11) is 0. The Kier molecular flexibility index (Phi) is 6.63. The number of carbonyl (C=O) groups excluding carboxylic acids is 2. The summed E-state index contributed by atoms with van der Waals surface area (Å²) in [6.07, 6.45) is 5.71. The highest BCUT2D eigenvalue weighted by atomic mass is 16.5. The number of hydrogen-bond acceptors (Lipinski definition) is 5. The summed E-state index contributed by atoms with van der Waals surface area (Å²) in [5.74, 6) is -0.829. The fourth-order valence-corrected chi connectivity index (χ4v) is 6.21. The minimum absolute atomic E-state index is 0.00101. The number of fused-ring (bicyclic) bond motifs is 2. The van der Waals surface area contributed by atoms with Crippen molar-refractivity contribution in [1.82, 2.24) is 5.32 Å². The maximum absolute atomic E-state index is 14.1. The Morgan fingerprint density at radius 3 is 2.65 bits per heavy atom. The van der Waals surface area contributed by atoms with Crippen LogP contribution in [0.1, 0.15) is 68.1 Å². The van der Waals surface area contributed by atoms with Gasteiger partial charge in [-0.3, -0.25) is 14.4 Å². The minimum Gasteiger partial charge on any atom is -0.493 e. The first-order valence-electron chi connectivity index (χ1n) is 13.0. The molecule has 2 aromatic carbocycles. The minimum atomic E-state index is -1.30. The van der Waals surface area contributed by atoms with Crippen molar-refractivity contribution < 1.29 is 24.2 Å². The number of carbonyl (C=O) groups is 3. The molecule has 2 saturated carbocycles. The number of carboxylic acid groups (broad SMARTS) is 1. The van der Waals surface area contributed by atoms with Crippen molar-refractivity contribution in [2.75, 3.05) is 11.9 Å². The number of benzene rings is 2. The molecule has 0 unspecified atom stereocenters. The highest BCUT2D eigenvalue weighted by Gasteiger charge is 2.77. The first-order chi connectivity index (χ1) is 17.9. The first-order valence-corrected chi connectivity index (χ1v) is 13.0. The van der Waals surface area contributed by atoms with E-state index in [9.17, 15) is 19.6 Å². The van der Waals surface area contributed by atoms with Gasteiger partial charge in [-0.25, -0.2) is 0 Å². The van der Waals surface area contributed by atoms with E-state index in [0.717, 1.165) is 36.8 Å². The SMILES string of the molecule is N#Cc1ccc(CCCC(=O)O)c(NC(=O)[C@]2(C(=O)NC3CCCC3)C[C@@]23CCOc2ccccc23)c1. The summed E-state index contributed by atoms with van der Waals surface area (Å²) in [5, 5.41) is 24.7. The van der Waals surface area contributed by atoms with Gasteiger partial charge in [0.05, 0.1) is 18.2 Å². The normalized spacial score (nSPS) is 24.0. The standard InChI is InChI=1S/C29H31N3O5/c30-17-19-12-13-20(6-5-11-25(33)34)23(16-19)32-27(36)29(26(35)31-21-7-1-2-8-21)18-28(29)14-15-37-24-10-4-3-9-22(24)28/h3-4,9-10,12-13,16,21H,1-2,5-8,11,14-15,18H2,(H,31,35)(H,32,36)(H,33,34)/t28-,29-/m1/s1. The number of aryl methyl sites for hydroxylation is 1. The van der Waals surface area contributed by atoms with Crippen LogP contribution in [0.2, 0.25) is 0 Å². The van der Waals surface area contributed by atoms with Crippen LogP contribution in [-0.2, 0) is 26.2 Å². The maximum Gasteiger partial charge on any atom is 0.303 e. The molecule has 2 fully saturated rings. The second-order valence-corrected chi connectivity index (χ2v) is 10.4. The molecule has 192 valence electrons. The molecule has 1 heterocycles. The van der Waals surface area contributed by atoms with E-state index in [-0.39, 0.29) is 18.4 Å². The van der Waals surface area contributed by atoms with Gasteiger partial charge in [0.1, 0.15) is 11.2 Å². The van der Waals surface area contributed by atoms with Crippen LogP contribution in [0, 0.1) is 16.7 Å². The summed E-state index contributed by atoms with van der Waals surface area (Å²) < 4.78 is 5.87. The lowest BCUT2D eigenvalue weighted by Crippen LogP contribution is -2.48. The molecule has 8 nitrogen and oxygen atoms in total. The van der Waals surface area contributed by atoms with Crippen LogP contribution in [-0.4, -0.2) is 35.5 Å². The van der Waals surface area contributed by atoms with Gasteiger partial charge < -0.3 is 20.5 Å². The number of aliphatic carboxylic acids is 1. The number of nitrogens with zero attached hydrogens (tertiary/aromatic N) is 1. The summed E-state index contributed by atoms with van der Waals surface area (Å²) in [6.45, 7) is 0.424. The number of hydrogen-bond donors (Lipinski definition) is 3. The van der Waals surface area contributed by atoms with Gasteiger partial charge in [-0.2, -0.15) is 5.26 Å². The van der Waals surface area contributed by atoms with E-state index in [1.54, 1.807) is 18.2 Å². The molecule has 2 aromatic rings. The van der Waals surface area contributed by atoms with E-state index >= 15 is 0 Å². The summed E-state index contributed by atoms with van der Waals surface area (Å²) in [4.78, 5) is 39.1. The van der Waals surface area contributed by atoms with Gasteiger partial charge in [-0.15, -0.1) is 0 Å². The van der Waals surface area contributed by atoms with Gasteiger partial charge in [0, 0.05) is 29.1 Å². The molecule has 0 saturated heterocycles. The Balaban J connectivity index is 1.49. The smallest absolute Gasteiger partial charge is 0.303 e. The van der Waals surface area contributed by atoms with Gasteiger partial charge in [0.25, 0.3) is 0 Å². The Hall–Kier alpha value is -3.86. The van der Waals surface area contributed by atoms with Gasteiger partial charge in [0.2, 0.25) is 11.8 Å². The number of rotatable bonds is 8. The lowest BCUT2D eigenvalue weighted by molar-refractivity contribution is -0.138. The van der Waals surface area contributed by atoms with Crippen LogP contribution in [0.3, 0.4) is 0 Å². The van der Waals surface area contributed by atoms with Gasteiger partial charge in [-0.05, 0) is 62.3 Å². The van der Waals surface area contributed by atoms with E-state index in [2.05, 4.69) is 16.7 Å². The van der Waals surface area contributed by atoms with E-state index < -0.39 is 22.7 Å². The van der Waals surface area contributed by atoms with Crippen molar-refractivity contribution in [1.29, 1.82) is 5.26 Å². The Labute approximate surface area is 216 Å². The van der Waals surface area contributed by atoms with Gasteiger partial charge in [-0.1, -0.05) is 37.1 Å². The lowest BCUT2D eigenvalue weighted by atomic mass is 9.80. The molecule has 1 aliphatic heterocycles. The van der Waals surface area contributed by atoms with Crippen LogP contribution >= 0.6 is 0 Å². The molecule has 3 aliphatic rings. The molecule has 5 rings (SSSR count). The molecule has 0 aromatic heterocycles. The number of nitrogens with one attached hydrogen (secondary N) is 2. The summed E-state index contributed by atoms with van der Waals surface area (Å²) in [5.41, 5.74) is 0.488.